The van der Waals surface area contributed by atoms with Crippen LogP contribution in [0.2, 0.25) is 0 Å². The minimum atomic E-state index is -3.35. The number of aryl methyl sites for hydroxylation is 1. The summed E-state index contributed by atoms with van der Waals surface area (Å²) in [7, 11) is 0. The number of carbonyl (C=O) groups excluding carboxylic acids is 1. The first-order valence-electron chi connectivity index (χ1n) is 11.0. The van der Waals surface area contributed by atoms with Gasteiger partial charge < -0.3 is 0 Å². The van der Waals surface area contributed by atoms with Crippen molar-refractivity contribution in [1.29, 1.82) is 0 Å². The van der Waals surface area contributed by atoms with E-state index in [1.54, 1.807) is 0 Å². The van der Waals surface area contributed by atoms with Crippen molar-refractivity contribution in [2.75, 3.05) is 6.66 Å². The average molecular weight is 459 g/mol. The van der Waals surface area contributed by atoms with Gasteiger partial charge in [0.25, 0.3) is 0 Å². The fraction of sp³-hybridized carbons (Fsp3) is 0.138. The van der Waals surface area contributed by atoms with Crippen LogP contribution < -0.4 is 15.9 Å². The van der Waals surface area contributed by atoms with Crippen molar-refractivity contribution in [2.24, 2.45) is 0 Å². The molecule has 1 nitrogen and oxygen atoms in total. The molecule has 0 atom stereocenters. The average Bonchev–Trinajstić information content (AvgIpc) is 2.86. The SMILES string of the molecule is CP(Cl)(c1ccccc1)(c1ccccc1)c1ccccc1C(=O)CCCc1ccccc1. The molecule has 0 aliphatic rings. The Kier molecular flexibility index (Phi) is 6.60. The molecule has 4 aromatic carbocycles. The van der Waals surface area contributed by atoms with Gasteiger partial charge in [0.05, 0.1) is 0 Å². The van der Waals surface area contributed by atoms with E-state index >= 15 is 0 Å². The van der Waals surface area contributed by atoms with E-state index in [-0.39, 0.29) is 5.78 Å². The Labute approximate surface area is 195 Å². The van der Waals surface area contributed by atoms with Crippen molar-refractivity contribution in [3.05, 3.63) is 126 Å². The molecule has 0 N–H and O–H groups in total. The Bertz CT molecular complexity index is 1140. The zero-order valence-electron chi connectivity index (χ0n) is 18.3. The molecule has 0 aliphatic heterocycles. The Morgan fingerprint density at radius 3 is 1.72 bits per heavy atom. The van der Waals surface area contributed by atoms with Crippen LogP contribution in [0.1, 0.15) is 28.8 Å². The monoisotopic (exact) mass is 458 g/mol. The van der Waals surface area contributed by atoms with Gasteiger partial charge in [0.1, 0.15) is 0 Å². The summed E-state index contributed by atoms with van der Waals surface area (Å²) in [5, 5.41) is 3.08. The molecule has 0 fully saturated rings. The first kappa shape index (κ1) is 22.5. The normalized spacial score (nSPS) is 12.6. The van der Waals surface area contributed by atoms with Crippen LogP contribution in [0.4, 0.5) is 0 Å². The quantitative estimate of drug-likeness (QED) is 0.217. The Morgan fingerprint density at radius 1 is 0.688 bits per heavy atom. The third-order valence-electron chi connectivity index (χ3n) is 6.23. The molecule has 0 bridgehead atoms. The predicted octanol–water partition coefficient (Wildman–Crippen LogP) is 6.51. The summed E-state index contributed by atoms with van der Waals surface area (Å²) in [6.07, 6.45) is 2.21. The Hall–Kier alpha value is -2.73. The molecule has 0 saturated carbocycles. The summed E-state index contributed by atoms with van der Waals surface area (Å²) in [6.45, 7) is 2.15. The molecule has 0 unspecified atom stereocenters. The molecule has 162 valence electrons. The van der Waals surface area contributed by atoms with Crippen molar-refractivity contribution >= 4 is 38.9 Å². The summed E-state index contributed by atoms with van der Waals surface area (Å²) in [6, 6.07) is 38.7. The van der Waals surface area contributed by atoms with Crippen LogP contribution in [0, 0.1) is 0 Å². The zero-order valence-corrected chi connectivity index (χ0v) is 20.0. The standard InChI is InChI=1S/C29H28ClOP/c1-32(30,25-17-7-3-8-18-25,26-19-9-4-10-20-26)29-23-12-11-21-27(29)28(31)22-13-16-24-14-5-2-6-15-24/h2-12,14-15,17-21,23H,13,16,22H2,1H3. The van der Waals surface area contributed by atoms with Crippen LogP contribution in [0.5, 0.6) is 0 Å². The van der Waals surface area contributed by atoms with E-state index in [4.69, 9.17) is 11.2 Å². The van der Waals surface area contributed by atoms with Crippen molar-refractivity contribution in [3.63, 3.8) is 0 Å². The van der Waals surface area contributed by atoms with Crippen LogP contribution in [-0.4, -0.2) is 12.4 Å². The fourth-order valence-corrected chi connectivity index (χ4v) is 9.35. The van der Waals surface area contributed by atoms with Crippen molar-refractivity contribution in [2.45, 2.75) is 19.3 Å². The second-order valence-corrected chi connectivity index (χ2v) is 15.3. The summed E-state index contributed by atoms with van der Waals surface area (Å²) in [4.78, 5) is 13.5. The predicted molar refractivity (Wildman–Crippen MR) is 141 cm³/mol. The number of carbonyl (C=O) groups is 1. The molecular weight excluding hydrogens is 431 g/mol. The molecule has 32 heavy (non-hydrogen) atoms. The molecule has 0 aromatic heterocycles. The topological polar surface area (TPSA) is 17.1 Å². The molecule has 0 heterocycles. The van der Waals surface area contributed by atoms with E-state index in [2.05, 4.69) is 49.1 Å². The molecule has 0 saturated heterocycles. The summed E-state index contributed by atoms with van der Waals surface area (Å²) < 4.78 is 0. The molecule has 0 spiro atoms. The Morgan fingerprint density at radius 2 is 1.16 bits per heavy atom. The molecule has 0 amide bonds. The number of Topliss-reactive ketones (excluding diaryl/α,β-unsaturated/α-hetero) is 1. The van der Waals surface area contributed by atoms with Gasteiger partial charge in [-0.2, -0.15) is 0 Å². The van der Waals surface area contributed by atoms with Gasteiger partial charge in [0.2, 0.25) is 0 Å². The van der Waals surface area contributed by atoms with Crippen LogP contribution in [0.3, 0.4) is 0 Å². The fourth-order valence-electron chi connectivity index (χ4n) is 4.40. The van der Waals surface area contributed by atoms with Gasteiger partial charge in [0, 0.05) is 0 Å². The van der Waals surface area contributed by atoms with Crippen LogP contribution in [-0.2, 0) is 6.42 Å². The second-order valence-electron chi connectivity index (χ2n) is 8.38. The van der Waals surface area contributed by atoms with E-state index in [0.717, 1.165) is 34.3 Å². The first-order chi connectivity index (χ1) is 15.5. The minimum absolute atomic E-state index is 0.153. The molecule has 3 heteroatoms. The molecule has 4 rings (SSSR count). The molecular formula is C29H28ClOP. The van der Waals surface area contributed by atoms with Gasteiger partial charge >= 0.3 is 196 Å². The number of ketones is 1. The number of rotatable bonds is 8. The van der Waals surface area contributed by atoms with Crippen LogP contribution >= 0.6 is 17.2 Å². The molecule has 0 aliphatic carbocycles. The van der Waals surface area contributed by atoms with Gasteiger partial charge in [0.15, 0.2) is 0 Å². The van der Waals surface area contributed by atoms with Gasteiger partial charge in [-0.3, -0.25) is 0 Å². The summed E-state index contributed by atoms with van der Waals surface area (Å²) in [5.41, 5.74) is 2.00. The number of benzene rings is 4. The second kappa shape index (κ2) is 9.41. The Balaban J connectivity index is 1.75. The van der Waals surface area contributed by atoms with Gasteiger partial charge in [-0.1, -0.05) is 0 Å². The third-order valence-corrected chi connectivity index (χ3v) is 12.5. The van der Waals surface area contributed by atoms with Crippen LogP contribution in [0.25, 0.3) is 0 Å². The van der Waals surface area contributed by atoms with E-state index in [1.165, 1.54) is 5.56 Å². The van der Waals surface area contributed by atoms with E-state index in [1.807, 2.05) is 72.8 Å². The van der Waals surface area contributed by atoms with Crippen molar-refractivity contribution in [1.82, 2.24) is 0 Å². The number of halogens is 1. The van der Waals surface area contributed by atoms with Crippen LogP contribution in [0.15, 0.2) is 115 Å². The van der Waals surface area contributed by atoms with Crippen molar-refractivity contribution < 1.29 is 4.79 Å². The number of hydrogen-bond acceptors (Lipinski definition) is 1. The number of hydrogen-bond donors (Lipinski definition) is 0. The maximum absolute atomic E-state index is 13.5. The van der Waals surface area contributed by atoms with Gasteiger partial charge in [-0.15, -0.1) is 0 Å². The van der Waals surface area contributed by atoms with E-state index in [0.29, 0.717) is 6.42 Å². The van der Waals surface area contributed by atoms with Crippen molar-refractivity contribution in [3.8, 4) is 0 Å². The third kappa shape index (κ3) is 4.29. The van der Waals surface area contributed by atoms with Gasteiger partial charge in [-0.25, -0.2) is 0 Å². The first-order valence-corrected chi connectivity index (χ1v) is 14.6. The summed E-state index contributed by atoms with van der Waals surface area (Å²) >= 11 is 7.83. The van der Waals surface area contributed by atoms with E-state index < -0.39 is 5.96 Å². The molecule has 0 radical (unpaired) electrons. The van der Waals surface area contributed by atoms with E-state index in [9.17, 15) is 4.79 Å². The molecule has 4 aromatic rings. The zero-order chi connectivity index (χ0) is 22.5. The summed E-state index contributed by atoms with van der Waals surface area (Å²) in [5.74, 6) is -3.19. The van der Waals surface area contributed by atoms with Gasteiger partial charge in [-0.05, 0) is 0 Å². The maximum atomic E-state index is 13.5.